The first-order valence-electron chi connectivity index (χ1n) is 8.27. The predicted molar refractivity (Wildman–Crippen MR) is 99.2 cm³/mol. The van der Waals surface area contributed by atoms with Crippen molar-refractivity contribution >= 4 is 23.3 Å². The van der Waals surface area contributed by atoms with Gasteiger partial charge >= 0.3 is 11.9 Å². The molecule has 0 bridgehead atoms. The molecule has 27 heavy (non-hydrogen) atoms. The van der Waals surface area contributed by atoms with E-state index in [1.807, 2.05) is 0 Å². The van der Waals surface area contributed by atoms with Crippen molar-refractivity contribution in [1.82, 2.24) is 0 Å². The Morgan fingerprint density at radius 2 is 1.37 bits per heavy atom. The number of nitrogen functional groups attached to an aromatic ring is 2. The largest absolute Gasteiger partial charge is 0.482 e. The van der Waals surface area contributed by atoms with Gasteiger partial charge in [-0.25, -0.2) is 9.59 Å². The highest BCUT2D eigenvalue weighted by Crippen LogP contribution is 2.15. The second-order valence-electron chi connectivity index (χ2n) is 5.57. The number of hydrogen-bond acceptors (Lipinski definition) is 8. The van der Waals surface area contributed by atoms with Gasteiger partial charge in [0, 0.05) is 11.4 Å². The van der Waals surface area contributed by atoms with Crippen molar-refractivity contribution in [2.75, 3.05) is 31.3 Å². The number of nitrogens with two attached hydrogens (primary N) is 2. The highest BCUT2D eigenvalue weighted by atomic mass is 16.6. The summed E-state index contributed by atoms with van der Waals surface area (Å²) >= 11 is 0. The minimum Gasteiger partial charge on any atom is -0.482 e. The van der Waals surface area contributed by atoms with Gasteiger partial charge in [0.05, 0.1) is 0 Å². The molecule has 0 radical (unpaired) electrons. The van der Waals surface area contributed by atoms with Crippen molar-refractivity contribution in [3.63, 3.8) is 0 Å². The minimum absolute atomic E-state index is 0.0791. The van der Waals surface area contributed by atoms with Crippen LogP contribution in [0.5, 0.6) is 11.5 Å². The van der Waals surface area contributed by atoms with E-state index in [0.29, 0.717) is 22.9 Å². The lowest BCUT2D eigenvalue weighted by Gasteiger charge is -2.14. The van der Waals surface area contributed by atoms with Crippen LogP contribution in [0, 0.1) is 0 Å². The highest BCUT2D eigenvalue weighted by molar-refractivity contribution is 5.74. The number of carbonyl (C=O) groups excluding carboxylic acids is 2. The quantitative estimate of drug-likeness (QED) is 0.387. The standard InChI is InChI=1S/C19H22N2O6/c1-13(27-17-8-4-15(21)5-9-17)19(23)25-11-10-24-18(22)12-26-16-6-2-14(20)3-7-16/h2-9,13H,10-12,20-21H2,1H3/t13-/m1/s1. The van der Waals surface area contributed by atoms with Crippen LogP contribution >= 0.6 is 0 Å². The van der Waals surface area contributed by atoms with Gasteiger partial charge in [-0.3, -0.25) is 0 Å². The summed E-state index contributed by atoms with van der Waals surface area (Å²) in [4.78, 5) is 23.4. The number of anilines is 2. The van der Waals surface area contributed by atoms with Crippen LogP contribution in [0.3, 0.4) is 0 Å². The molecule has 0 aliphatic heterocycles. The lowest BCUT2D eigenvalue weighted by molar-refractivity contribution is -0.157. The van der Waals surface area contributed by atoms with E-state index in [-0.39, 0.29) is 19.8 Å². The second-order valence-corrected chi connectivity index (χ2v) is 5.57. The Morgan fingerprint density at radius 1 is 0.852 bits per heavy atom. The van der Waals surface area contributed by atoms with Crippen LogP contribution in [0.1, 0.15) is 6.92 Å². The summed E-state index contributed by atoms with van der Waals surface area (Å²) in [5, 5.41) is 0. The Hall–Kier alpha value is -3.42. The van der Waals surface area contributed by atoms with E-state index in [1.54, 1.807) is 55.5 Å². The Balaban J connectivity index is 1.60. The molecule has 0 heterocycles. The average molecular weight is 374 g/mol. The lowest BCUT2D eigenvalue weighted by atomic mass is 10.3. The molecule has 0 amide bonds. The summed E-state index contributed by atoms with van der Waals surface area (Å²) in [6.45, 7) is 1.14. The first-order valence-corrected chi connectivity index (χ1v) is 8.27. The van der Waals surface area contributed by atoms with Crippen LogP contribution in [-0.2, 0) is 19.1 Å². The molecule has 0 fully saturated rings. The summed E-state index contributed by atoms with van der Waals surface area (Å²) < 4.78 is 20.6. The van der Waals surface area contributed by atoms with E-state index in [1.165, 1.54) is 0 Å². The molecule has 2 aromatic carbocycles. The fourth-order valence-electron chi connectivity index (χ4n) is 1.96. The first-order chi connectivity index (χ1) is 12.9. The van der Waals surface area contributed by atoms with Crippen molar-refractivity contribution in [2.24, 2.45) is 0 Å². The van der Waals surface area contributed by atoms with Gasteiger partial charge in [-0.15, -0.1) is 0 Å². The van der Waals surface area contributed by atoms with Gasteiger partial charge in [0.2, 0.25) is 0 Å². The Morgan fingerprint density at radius 3 is 1.96 bits per heavy atom. The zero-order valence-electron chi connectivity index (χ0n) is 14.9. The van der Waals surface area contributed by atoms with Crippen LogP contribution in [0.25, 0.3) is 0 Å². The minimum atomic E-state index is -0.807. The zero-order valence-corrected chi connectivity index (χ0v) is 14.9. The lowest BCUT2D eigenvalue weighted by Crippen LogP contribution is -2.28. The summed E-state index contributed by atoms with van der Waals surface area (Å²) in [6.07, 6.45) is -0.807. The number of rotatable bonds is 9. The molecule has 1 atom stereocenters. The molecule has 2 rings (SSSR count). The van der Waals surface area contributed by atoms with Gasteiger partial charge in [-0.2, -0.15) is 0 Å². The Labute approximate surface area is 157 Å². The van der Waals surface area contributed by atoms with Crippen molar-refractivity contribution in [2.45, 2.75) is 13.0 Å². The maximum atomic E-state index is 11.8. The van der Waals surface area contributed by atoms with Crippen molar-refractivity contribution in [3.8, 4) is 11.5 Å². The van der Waals surface area contributed by atoms with Crippen LogP contribution < -0.4 is 20.9 Å². The molecule has 0 unspecified atom stereocenters. The predicted octanol–water partition coefficient (Wildman–Crippen LogP) is 1.78. The smallest absolute Gasteiger partial charge is 0.347 e. The van der Waals surface area contributed by atoms with E-state index in [0.717, 1.165) is 0 Å². The Bertz CT molecular complexity index is 746. The van der Waals surface area contributed by atoms with Crippen LogP contribution in [0.4, 0.5) is 11.4 Å². The van der Waals surface area contributed by atoms with Gasteiger partial charge in [-0.1, -0.05) is 0 Å². The summed E-state index contributed by atoms with van der Waals surface area (Å²) in [7, 11) is 0. The molecule has 8 nitrogen and oxygen atoms in total. The van der Waals surface area contributed by atoms with Gasteiger partial charge in [0.1, 0.15) is 24.7 Å². The third-order valence-corrected chi connectivity index (χ3v) is 3.35. The number of ether oxygens (including phenoxy) is 4. The maximum Gasteiger partial charge on any atom is 0.347 e. The van der Waals surface area contributed by atoms with Crippen LogP contribution in [0.15, 0.2) is 48.5 Å². The molecule has 8 heteroatoms. The normalized spacial score (nSPS) is 11.3. The van der Waals surface area contributed by atoms with E-state index < -0.39 is 18.0 Å². The molecule has 0 aliphatic rings. The topological polar surface area (TPSA) is 123 Å². The number of esters is 2. The maximum absolute atomic E-state index is 11.8. The first kappa shape index (κ1) is 19.9. The highest BCUT2D eigenvalue weighted by Gasteiger charge is 2.16. The van der Waals surface area contributed by atoms with E-state index in [4.69, 9.17) is 30.4 Å². The summed E-state index contributed by atoms with van der Waals surface area (Å²) in [5.41, 5.74) is 12.3. The number of benzene rings is 2. The second kappa shape index (κ2) is 9.91. The molecule has 0 aliphatic carbocycles. The van der Waals surface area contributed by atoms with Crippen molar-refractivity contribution in [3.05, 3.63) is 48.5 Å². The van der Waals surface area contributed by atoms with Gasteiger partial charge in [-0.05, 0) is 55.5 Å². The van der Waals surface area contributed by atoms with E-state index in [2.05, 4.69) is 0 Å². The molecular formula is C19H22N2O6. The number of carbonyl (C=O) groups is 2. The van der Waals surface area contributed by atoms with Gasteiger partial charge in [0.15, 0.2) is 12.7 Å². The SMILES string of the molecule is C[C@@H](Oc1ccc(N)cc1)C(=O)OCCOC(=O)COc1ccc(N)cc1. The Kier molecular flexibility index (Phi) is 7.30. The van der Waals surface area contributed by atoms with Crippen LogP contribution in [0.2, 0.25) is 0 Å². The fraction of sp³-hybridized carbons (Fsp3) is 0.263. The third-order valence-electron chi connectivity index (χ3n) is 3.35. The van der Waals surface area contributed by atoms with Crippen molar-refractivity contribution in [1.29, 1.82) is 0 Å². The monoisotopic (exact) mass is 374 g/mol. The molecule has 144 valence electrons. The number of hydrogen-bond donors (Lipinski definition) is 2. The fourth-order valence-corrected chi connectivity index (χ4v) is 1.96. The molecule has 0 spiro atoms. The molecule has 0 aromatic heterocycles. The molecule has 0 saturated heterocycles. The molecule has 2 aromatic rings. The summed E-state index contributed by atoms with van der Waals surface area (Å²) in [6, 6.07) is 13.3. The molecular weight excluding hydrogens is 352 g/mol. The van der Waals surface area contributed by atoms with Gasteiger partial charge in [0.25, 0.3) is 0 Å². The zero-order chi connectivity index (χ0) is 19.6. The van der Waals surface area contributed by atoms with E-state index in [9.17, 15) is 9.59 Å². The van der Waals surface area contributed by atoms with Gasteiger partial charge < -0.3 is 30.4 Å². The average Bonchev–Trinajstić information content (AvgIpc) is 2.66. The van der Waals surface area contributed by atoms with Crippen LogP contribution in [-0.4, -0.2) is 37.9 Å². The van der Waals surface area contributed by atoms with E-state index >= 15 is 0 Å². The summed E-state index contributed by atoms with van der Waals surface area (Å²) in [5.74, 6) is -0.142. The van der Waals surface area contributed by atoms with Crippen molar-refractivity contribution < 1.29 is 28.5 Å². The molecule has 4 N–H and O–H groups in total. The molecule has 0 saturated carbocycles. The third kappa shape index (κ3) is 7.15.